The summed E-state index contributed by atoms with van der Waals surface area (Å²) >= 11 is 3.42. The summed E-state index contributed by atoms with van der Waals surface area (Å²) in [4.78, 5) is 12.0. The minimum atomic E-state index is -0.356. The normalized spacial score (nSPS) is 16.7. The van der Waals surface area contributed by atoms with Gasteiger partial charge in [0.25, 0.3) is 0 Å². The lowest BCUT2D eigenvalue weighted by molar-refractivity contribution is -0.117. The Morgan fingerprint density at radius 1 is 1.24 bits per heavy atom. The fourth-order valence-corrected chi connectivity index (χ4v) is 2.87. The van der Waals surface area contributed by atoms with Crippen molar-refractivity contribution in [2.75, 3.05) is 11.9 Å². The number of fused-ring (bicyclic) bond motifs is 1. The van der Waals surface area contributed by atoms with E-state index < -0.39 is 0 Å². The predicted octanol–water partition coefficient (Wildman–Crippen LogP) is 3.41. The monoisotopic (exact) mass is 348 g/mol. The average molecular weight is 349 g/mol. The van der Waals surface area contributed by atoms with E-state index in [9.17, 15) is 9.18 Å². The number of carbonyl (C=O) groups is 1. The number of amides is 1. The molecule has 0 fully saturated rings. The summed E-state index contributed by atoms with van der Waals surface area (Å²) in [5, 5.41) is 6.08. The van der Waals surface area contributed by atoms with Crippen LogP contribution in [0.15, 0.2) is 46.9 Å². The molecule has 0 saturated carbocycles. The van der Waals surface area contributed by atoms with Gasteiger partial charge in [-0.3, -0.25) is 4.79 Å². The van der Waals surface area contributed by atoms with Crippen LogP contribution in [-0.4, -0.2) is 12.5 Å². The van der Waals surface area contributed by atoms with Crippen LogP contribution in [0.3, 0.4) is 0 Å². The smallest absolute Gasteiger partial charge is 0.246 e. The molecule has 3 nitrogen and oxygen atoms in total. The van der Waals surface area contributed by atoms with E-state index in [1.54, 1.807) is 6.07 Å². The first-order valence-electron chi connectivity index (χ1n) is 6.71. The number of benzene rings is 2. The molecular weight excluding hydrogens is 335 g/mol. The molecule has 0 radical (unpaired) electrons. The van der Waals surface area contributed by atoms with Crippen molar-refractivity contribution in [3.8, 4) is 0 Å². The van der Waals surface area contributed by atoms with Gasteiger partial charge in [-0.15, -0.1) is 0 Å². The molecule has 21 heavy (non-hydrogen) atoms. The van der Waals surface area contributed by atoms with Crippen molar-refractivity contribution in [3.05, 3.63) is 63.9 Å². The van der Waals surface area contributed by atoms with Gasteiger partial charge in [-0.25, -0.2) is 4.39 Å². The van der Waals surface area contributed by atoms with Crippen LogP contribution in [0.25, 0.3) is 0 Å². The molecule has 0 spiro atoms. The van der Waals surface area contributed by atoms with Crippen LogP contribution in [0.1, 0.15) is 17.2 Å². The summed E-state index contributed by atoms with van der Waals surface area (Å²) in [6.07, 6.45) is 0.672. The average Bonchev–Trinajstić information content (AvgIpc) is 2.75. The molecule has 1 heterocycles. The van der Waals surface area contributed by atoms with Crippen LogP contribution < -0.4 is 10.6 Å². The number of hydrogen-bond acceptors (Lipinski definition) is 2. The Morgan fingerprint density at radius 3 is 2.90 bits per heavy atom. The van der Waals surface area contributed by atoms with Crippen LogP contribution in [0.4, 0.5) is 10.1 Å². The summed E-state index contributed by atoms with van der Waals surface area (Å²) in [5.41, 5.74) is 2.69. The molecule has 0 aliphatic carbocycles. The van der Waals surface area contributed by atoms with E-state index in [2.05, 4.69) is 26.6 Å². The van der Waals surface area contributed by atoms with Crippen LogP contribution in [0.2, 0.25) is 0 Å². The van der Waals surface area contributed by atoms with Crippen LogP contribution in [0, 0.1) is 5.82 Å². The Kier molecular flexibility index (Phi) is 4.03. The predicted molar refractivity (Wildman–Crippen MR) is 83.6 cm³/mol. The maximum Gasteiger partial charge on any atom is 0.246 e. The standard InChI is InChI=1S/C16H14BrFN2O/c17-11-4-5-14-13(9-11)15(16(21)20-14)19-7-6-10-2-1-3-12(18)8-10/h1-5,8-9,15,19H,6-7H2,(H,20,21). The Morgan fingerprint density at radius 2 is 2.10 bits per heavy atom. The molecule has 0 bridgehead atoms. The number of carbonyl (C=O) groups excluding carboxylic acids is 1. The third kappa shape index (κ3) is 3.14. The Hall–Kier alpha value is -1.72. The Labute approximate surface area is 130 Å². The van der Waals surface area contributed by atoms with Gasteiger partial charge < -0.3 is 10.6 Å². The zero-order chi connectivity index (χ0) is 14.8. The van der Waals surface area contributed by atoms with Gasteiger partial charge >= 0.3 is 0 Å². The largest absolute Gasteiger partial charge is 0.324 e. The lowest BCUT2D eigenvalue weighted by Gasteiger charge is -2.11. The molecule has 0 saturated heterocycles. The van der Waals surface area contributed by atoms with Gasteiger partial charge in [-0.05, 0) is 42.3 Å². The molecule has 1 aliphatic heterocycles. The topological polar surface area (TPSA) is 41.1 Å². The first-order valence-corrected chi connectivity index (χ1v) is 7.51. The second-order valence-corrected chi connectivity index (χ2v) is 5.90. The number of anilines is 1. The zero-order valence-electron chi connectivity index (χ0n) is 11.2. The van der Waals surface area contributed by atoms with Crippen LogP contribution >= 0.6 is 15.9 Å². The van der Waals surface area contributed by atoms with Crippen molar-refractivity contribution in [1.82, 2.24) is 5.32 Å². The van der Waals surface area contributed by atoms with Gasteiger partial charge in [0.05, 0.1) is 0 Å². The van der Waals surface area contributed by atoms with E-state index in [-0.39, 0.29) is 17.8 Å². The van der Waals surface area contributed by atoms with Gasteiger partial charge in [-0.1, -0.05) is 28.1 Å². The SMILES string of the molecule is O=C1Nc2ccc(Br)cc2C1NCCc1cccc(F)c1. The third-order valence-corrected chi connectivity index (χ3v) is 3.99. The molecule has 1 atom stereocenters. The quantitative estimate of drug-likeness (QED) is 0.888. The fraction of sp³-hybridized carbons (Fsp3) is 0.188. The first-order chi connectivity index (χ1) is 10.1. The molecule has 2 aromatic rings. The maximum absolute atomic E-state index is 13.1. The summed E-state index contributed by atoms with van der Waals surface area (Å²) < 4.78 is 14.0. The molecule has 108 valence electrons. The van der Waals surface area contributed by atoms with Gasteiger partial charge in [0.1, 0.15) is 11.9 Å². The van der Waals surface area contributed by atoms with Gasteiger partial charge in [0.2, 0.25) is 5.91 Å². The number of nitrogens with one attached hydrogen (secondary N) is 2. The molecular formula is C16H14BrFN2O. The van der Waals surface area contributed by atoms with Crippen molar-refractivity contribution >= 4 is 27.5 Å². The summed E-state index contributed by atoms with van der Waals surface area (Å²) in [6.45, 7) is 0.605. The zero-order valence-corrected chi connectivity index (χ0v) is 12.8. The lowest BCUT2D eigenvalue weighted by atomic mass is 10.1. The van der Waals surface area contributed by atoms with E-state index in [0.29, 0.717) is 13.0 Å². The van der Waals surface area contributed by atoms with Crippen molar-refractivity contribution in [2.45, 2.75) is 12.5 Å². The van der Waals surface area contributed by atoms with E-state index in [4.69, 9.17) is 0 Å². The molecule has 1 amide bonds. The van der Waals surface area contributed by atoms with E-state index in [1.165, 1.54) is 12.1 Å². The van der Waals surface area contributed by atoms with Crippen molar-refractivity contribution in [1.29, 1.82) is 0 Å². The Balaban J connectivity index is 1.66. The van der Waals surface area contributed by atoms with E-state index >= 15 is 0 Å². The molecule has 0 aromatic heterocycles. The number of hydrogen-bond donors (Lipinski definition) is 2. The van der Waals surface area contributed by atoms with Crippen molar-refractivity contribution in [3.63, 3.8) is 0 Å². The van der Waals surface area contributed by atoms with Crippen LogP contribution in [0.5, 0.6) is 0 Å². The number of rotatable bonds is 4. The first kappa shape index (κ1) is 14.2. The third-order valence-electron chi connectivity index (χ3n) is 3.50. The highest BCUT2D eigenvalue weighted by molar-refractivity contribution is 9.10. The van der Waals surface area contributed by atoms with Crippen LogP contribution in [-0.2, 0) is 11.2 Å². The highest BCUT2D eigenvalue weighted by Gasteiger charge is 2.29. The Bertz CT molecular complexity index is 690. The molecule has 1 aliphatic rings. The molecule has 5 heteroatoms. The minimum Gasteiger partial charge on any atom is -0.324 e. The van der Waals surface area contributed by atoms with Gasteiger partial charge in [0, 0.05) is 22.3 Å². The molecule has 1 unspecified atom stereocenters. The van der Waals surface area contributed by atoms with E-state index in [0.717, 1.165) is 21.3 Å². The van der Waals surface area contributed by atoms with Gasteiger partial charge in [-0.2, -0.15) is 0 Å². The maximum atomic E-state index is 13.1. The van der Waals surface area contributed by atoms with Gasteiger partial charge in [0.15, 0.2) is 0 Å². The second-order valence-electron chi connectivity index (χ2n) is 4.99. The summed E-state index contributed by atoms with van der Waals surface area (Å²) in [5.74, 6) is -0.289. The van der Waals surface area contributed by atoms with Crippen molar-refractivity contribution < 1.29 is 9.18 Å². The lowest BCUT2D eigenvalue weighted by Crippen LogP contribution is -2.29. The number of halogens is 2. The second kappa shape index (κ2) is 5.95. The highest BCUT2D eigenvalue weighted by atomic mass is 79.9. The van der Waals surface area contributed by atoms with Crippen molar-refractivity contribution in [2.24, 2.45) is 0 Å². The molecule has 2 N–H and O–H groups in total. The highest BCUT2D eigenvalue weighted by Crippen LogP contribution is 2.32. The summed E-state index contributed by atoms with van der Waals surface area (Å²) in [6, 6.07) is 11.9. The fourth-order valence-electron chi connectivity index (χ4n) is 2.49. The minimum absolute atomic E-state index is 0.0534. The molecule has 3 rings (SSSR count). The summed E-state index contributed by atoms with van der Waals surface area (Å²) in [7, 11) is 0. The molecule has 2 aromatic carbocycles. The van der Waals surface area contributed by atoms with E-state index in [1.807, 2.05) is 24.3 Å².